The number of pyridine rings is 1. The van der Waals surface area contributed by atoms with E-state index in [1.54, 1.807) is 24.3 Å². The topological polar surface area (TPSA) is 76.3 Å². The minimum absolute atomic E-state index is 0.172. The van der Waals surface area contributed by atoms with Crippen molar-refractivity contribution in [2.24, 2.45) is 0 Å². The summed E-state index contributed by atoms with van der Waals surface area (Å²) in [6.07, 6.45) is 3.68. The van der Waals surface area contributed by atoms with Crippen molar-refractivity contribution >= 4 is 39.3 Å². The van der Waals surface area contributed by atoms with E-state index in [-0.39, 0.29) is 17.4 Å². The molecule has 6 nitrogen and oxygen atoms in total. The molecule has 0 aliphatic heterocycles. The van der Waals surface area contributed by atoms with E-state index in [9.17, 15) is 17.1 Å². The van der Waals surface area contributed by atoms with Crippen LogP contribution in [0.3, 0.4) is 0 Å². The van der Waals surface area contributed by atoms with E-state index in [0.717, 1.165) is 11.1 Å². The van der Waals surface area contributed by atoms with E-state index >= 15 is 0 Å². The molecule has 0 atom stereocenters. The van der Waals surface area contributed by atoms with Gasteiger partial charge in [-0.3, -0.25) is 4.79 Å². The summed E-state index contributed by atoms with van der Waals surface area (Å²) in [7, 11) is -4.71. The Labute approximate surface area is 189 Å². The molecule has 2 aromatic carbocycles. The minimum atomic E-state index is -4.71. The largest absolute Gasteiger partial charge is 0.484 e. The van der Waals surface area contributed by atoms with Gasteiger partial charge in [-0.1, -0.05) is 35.3 Å². The summed E-state index contributed by atoms with van der Waals surface area (Å²) in [6.45, 7) is 0.576. The molecule has 0 spiro atoms. The fourth-order valence-electron chi connectivity index (χ4n) is 2.71. The molecule has 0 aliphatic carbocycles. The van der Waals surface area contributed by atoms with Gasteiger partial charge in [0.2, 0.25) is 0 Å². The van der Waals surface area contributed by atoms with Gasteiger partial charge >= 0.3 is 10.2 Å². The van der Waals surface area contributed by atoms with Gasteiger partial charge in [0.25, 0.3) is 5.91 Å². The van der Waals surface area contributed by atoms with Crippen molar-refractivity contribution in [1.29, 1.82) is 0 Å². The number of carbonyl (C=O) groups excluding carboxylic acids is 1. The molecule has 0 bridgehead atoms. The average molecular weight is 484 g/mol. The van der Waals surface area contributed by atoms with Gasteiger partial charge in [-0.2, -0.15) is 8.42 Å². The molecule has 0 saturated heterocycles. The predicted octanol–water partition coefficient (Wildman–Crippen LogP) is 3.68. The molecule has 3 rings (SSSR count). The molecule has 0 fully saturated rings. The highest BCUT2D eigenvalue weighted by Gasteiger charge is 2.12. The predicted molar refractivity (Wildman–Crippen MR) is 114 cm³/mol. The summed E-state index contributed by atoms with van der Waals surface area (Å²) in [5.41, 5.74) is 1.65. The van der Waals surface area contributed by atoms with Crippen molar-refractivity contribution in [3.8, 4) is 5.75 Å². The molecule has 1 heterocycles. The first-order chi connectivity index (χ1) is 14.7. The Morgan fingerprint density at radius 3 is 2.45 bits per heavy atom. The lowest BCUT2D eigenvalue weighted by atomic mass is 10.2. The summed E-state index contributed by atoms with van der Waals surface area (Å²) < 4.78 is 42.1. The lowest BCUT2D eigenvalue weighted by molar-refractivity contribution is -0.688. The Morgan fingerprint density at radius 1 is 1.03 bits per heavy atom. The number of benzene rings is 2. The second-order valence-electron chi connectivity index (χ2n) is 6.61. The molecule has 31 heavy (non-hydrogen) atoms. The minimum Gasteiger partial charge on any atom is -0.484 e. The maximum atomic E-state index is 13.0. The number of amides is 1. The SMILES string of the molecule is O=C(COc1ccc(Cl)c(Cl)c1)NCc1ccc[n+](Cc2ccc(S(=O)(=O)F)cc2)c1. The van der Waals surface area contributed by atoms with Crippen LogP contribution in [0.5, 0.6) is 5.75 Å². The number of nitrogens with zero attached hydrogens (tertiary/aromatic N) is 1. The second kappa shape index (κ2) is 10.1. The Balaban J connectivity index is 1.53. The maximum Gasteiger partial charge on any atom is 0.332 e. The molecular formula is C21H18Cl2FN2O4S+. The summed E-state index contributed by atoms with van der Waals surface area (Å²) in [5.74, 6) is 0.137. The van der Waals surface area contributed by atoms with E-state index in [2.05, 4.69) is 5.32 Å². The smallest absolute Gasteiger partial charge is 0.332 e. The first-order valence-electron chi connectivity index (χ1n) is 9.07. The Bertz CT molecular complexity index is 1190. The van der Waals surface area contributed by atoms with Crippen molar-refractivity contribution in [2.75, 3.05) is 6.61 Å². The van der Waals surface area contributed by atoms with E-state index < -0.39 is 10.2 Å². The number of halogens is 3. The van der Waals surface area contributed by atoms with E-state index in [1.807, 2.05) is 29.1 Å². The van der Waals surface area contributed by atoms with Crippen LogP contribution in [0, 0.1) is 0 Å². The number of hydrogen-bond donors (Lipinski definition) is 1. The van der Waals surface area contributed by atoms with Gasteiger partial charge < -0.3 is 10.1 Å². The van der Waals surface area contributed by atoms with Crippen LogP contribution in [-0.2, 0) is 28.1 Å². The van der Waals surface area contributed by atoms with Gasteiger partial charge in [-0.05, 0) is 30.3 Å². The molecule has 0 saturated carbocycles. The molecule has 1 amide bonds. The van der Waals surface area contributed by atoms with Gasteiger partial charge in [0.15, 0.2) is 25.5 Å². The van der Waals surface area contributed by atoms with Crippen LogP contribution in [0.25, 0.3) is 0 Å². The first kappa shape index (κ1) is 23.0. The van der Waals surface area contributed by atoms with E-state index in [1.165, 1.54) is 18.2 Å². The summed E-state index contributed by atoms with van der Waals surface area (Å²) in [4.78, 5) is 11.7. The van der Waals surface area contributed by atoms with E-state index in [4.69, 9.17) is 27.9 Å². The van der Waals surface area contributed by atoms with Crippen LogP contribution < -0.4 is 14.6 Å². The zero-order chi connectivity index (χ0) is 22.4. The maximum absolute atomic E-state index is 13.0. The van der Waals surface area contributed by atoms with Gasteiger partial charge in [0, 0.05) is 29.8 Å². The number of aromatic nitrogens is 1. The molecule has 10 heteroatoms. The zero-order valence-corrected chi connectivity index (χ0v) is 18.4. The van der Waals surface area contributed by atoms with Crippen molar-refractivity contribution in [1.82, 2.24) is 5.32 Å². The first-order valence-corrected chi connectivity index (χ1v) is 11.2. The monoisotopic (exact) mass is 483 g/mol. The van der Waals surface area contributed by atoms with E-state index in [0.29, 0.717) is 28.9 Å². The number of carbonyl (C=O) groups is 1. The van der Waals surface area contributed by atoms with Gasteiger partial charge in [-0.15, -0.1) is 3.89 Å². The average Bonchev–Trinajstić information content (AvgIpc) is 2.73. The Morgan fingerprint density at radius 2 is 1.77 bits per heavy atom. The van der Waals surface area contributed by atoms with Gasteiger partial charge in [0.1, 0.15) is 5.75 Å². The van der Waals surface area contributed by atoms with Crippen LogP contribution in [-0.4, -0.2) is 20.9 Å². The highest BCUT2D eigenvalue weighted by molar-refractivity contribution is 7.86. The molecule has 0 unspecified atom stereocenters. The highest BCUT2D eigenvalue weighted by Crippen LogP contribution is 2.26. The van der Waals surface area contributed by atoms with Crippen LogP contribution in [0.2, 0.25) is 10.0 Å². The highest BCUT2D eigenvalue weighted by atomic mass is 35.5. The molecule has 0 aliphatic rings. The Hall–Kier alpha value is -2.68. The number of nitrogens with one attached hydrogen (secondary N) is 1. The number of rotatable bonds is 8. The fraction of sp³-hybridized carbons (Fsp3) is 0.143. The summed E-state index contributed by atoms with van der Waals surface area (Å²) in [5, 5.41) is 3.51. The molecule has 162 valence electrons. The zero-order valence-electron chi connectivity index (χ0n) is 16.1. The number of hydrogen-bond acceptors (Lipinski definition) is 4. The standard InChI is InChI=1S/C21H17Cl2FN2O4S/c22-19-8-5-17(10-20(19)23)30-14-21(27)25-11-16-2-1-9-26(13-16)12-15-3-6-18(7-4-15)31(24,28)29/h1-10,13H,11-12,14H2/p+1. The molecule has 0 radical (unpaired) electrons. The summed E-state index contributed by atoms with van der Waals surface area (Å²) >= 11 is 11.8. The third kappa shape index (κ3) is 6.92. The lowest BCUT2D eigenvalue weighted by Crippen LogP contribution is -2.35. The van der Waals surface area contributed by atoms with Crippen molar-refractivity contribution < 1.29 is 26.4 Å². The third-order valence-corrected chi connectivity index (χ3v) is 5.81. The van der Waals surface area contributed by atoms with Crippen LogP contribution >= 0.6 is 23.2 Å². The molecule has 3 aromatic rings. The van der Waals surface area contributed by atoms with Crippen LogP contribution in [0.15, 0.2) is 71.9 Å². The van der Waals surface area contributed by atoms with Gasteiger partial charge in [-0.25, -0.2) is 4.57 Å². The van der Waals surface area contributed by atoms with Crippen LogP contribution in [0.1, 0.15) is 11.1 Å². The summed E-state index contributed by atoms with van der Waals surface area (Å²) in [6, 6.07) is 14.0. The quantitative estimate of drug-likeness (QED) is 0.391. The molecular weight excluding hydrogens is 466 g/mol. The van der Waals surface area contributed by atoms with Crippen molar-refractivity contribution in [2.45, 2.75) is 18.0 Å². The van der Waals surface area contributed by atoms with Crippen LogP contribution in [0.4, 0.5) is 3.89 Å². The molecule has 1 N–H and O–H groups in total. The van der Waals surface area contributed by atoms with Gasteiger partial charge in [0.05, 0.1) is 14.9 Å². The normalized spacial score (nSPS) is 11.2. The lowest BCUT2D eigenvalue weighted by Gasteiger charge is -2.08. The molecule has 1 aromatic heterocycles. The number of ether oxygens (including phenoxy) is 1. The van der Waals surface area contributed by atoms with Crippen molar-refractivity contribution in [3.05, 3.63) is 88.2 Å². The fourth-order valence-corrected chi connectivity index (χ4v) is 3.46. The third-order valence-electron chi connectivity index (χ3n) is 4.24. The Kier molecular flexibility index (Phi) is 7.48. The van der Waals surface area contributed by atoms with Crippen molar-refractivity contribution in [3.63, 3.8) is 0 Å². The second-order valence-corrected chi connectivity index (χ2v) is 8.77.